The number of phenolic OH excluding ortho intramolecular Hbond substituents is 2. The molecule has 0 saturated carbocycles. The second-order valence-electron chi connectivity index (χ2n) is 6.98. The van der Waals surface area contributed by atoms with Crippen LogP contribution in [0.4, 0.5) is 0 Å². The quantitative estimate of drug-likeness (QED) is 0.370. The average Bonchev–Trinajstić information content (AvgIpc) is 2.48. The third-order valence-corrected chi connectivity index (χ3v) is 3.99. The molecule has 0 heterocycles. The molecule has 1 aromatic carbocycles. The first-order valence-corrected chi connectivity index (χ1v) is 8.69. The van der Waals surface area contributed by atoms with Crippen molar-refractivity contribution >= 4 is 5.78 Å². The molecule has 0 bridgehead atoms. The Bertz CT molecular complexity index is 702. The lowest BCUT2D eigenvalue weighted by molar-refractivity contribution is -0.114. The van der Waals surface area contributed by atoms with Crippen LogP contribution in [0.1, 0.15) is 58.1 Å². The summed E-state index contributed by atoms with van der Waals surface area (Å²) in [6.45, 7) is 9.80. The van der Waals surface area contributed by atoms with E-state index < -0.39 is 0 Å². The molecule has 0 fully saturated rings. The number of carbonyl (C=O) groups excluding carboxylic acids is 1. The fraction of sp³-hybridized carbons (Fsp3) is 0.409. The zero-order chi connectivity index (χ0) is 19.0. The molecule has 0 unspecified atom stereocenters. The van der Waals surface area contributed by atoms with E-state index in [0.29, 0.717) is 24.0 Å². The number of ketones is 1. The van der Waals surface area contributed by atoms with E-state index in [-0.39, 0.29) is 17.3 Å². The Hall–Kier alpha value is -2.29. The van der Waals surface area contributed by atoms with Gasteiger partial charge < -0.3 is 10.2 Å². The van der Waals surface area contributed by atoms with E-state index in [1.54, 1.807) is 19.1 Å². The fourth-order valence-corrected chi connectivity index (χ4v) is 2.61. The molecule has 3 nitrogen and oxygen atoms in total. The third kappa shape index (κ3) is 7.88. The Labute approximate surface area is 151 Å². The number of allylic oxidation sites excluding steroid dienone is 6. The van der Waals surface area contributed by atoms with E-state index in [1.807, 2.05) is 19.9 Å². The summed E-state index contributed by atoms with van der Waals surface area (Å²) in [5, 5.41) is 19.7. The molecule has 0 saturated heterocycles. The van der Waals surface area contributed by atoms with Crippen molar-refractivity contribution in [2.24, 2.45) is 0 Å². The summed E-state index contributed by atoms with van der Waals surface area (Å²) in [5.41, 5.74) is 4.66. The summed E-state index contributed by atoms with van der Waals surface area (Å²) in [7, 11) is 0. The first-order valence-electron chi connectivity index (χ1n) is 8.69. The number of phenols is 2. The van der Waals surface area contributed by atoms with Gasteiger partial charge >= 0.3 is 0 Å². The number of benzene rings is 1. The minimum atomic E-state index is 0.0970. The monoisotopic (exact) mass is 342 g/mol. The van der Waals surface area contributed by atoms with E-state index in [9.17, 15) is 15.0 Å². The van der Waals surface area contributed by atoms with Gasteiger partial charge in [-0.2, -0.15) is 0 Å². The summed E-state index contributed by atoms with van der Waals surface area (Å²) < 4.78 is 0. The van der Waals surface area contributed by atoms with E-state index in [4.69, 9.17) is 0 Å². The van der Waals surface area contributed by atoms with Crippen LogP contribution in [0.15, 0.2) is 47.1 Å². The predicted molar refractivity (Wildman–Crippen MR) is 104 cm³/mol. The van der Waals surface area contributed by atoms with Crippen molar-refractivity contribution in [1.29, 1.82) is 0 Å². The molecule has 0 amide bonds. The second-order valence-corrected chi connectivity index (χ2v) is 6.98. The molecule has 3 heteroatoms. The van der Waals surface area contributed by atoms with Crippen LogP contribution in [-0.4, -0.2) is 16.0 Å². The van der Waals surface area contributed by atoms with Crippen LogP contribution in [0.3, 0.4) is 0 Å². The number of hydrogen-bond donors (Lipinski definition) is 2. The van der Waals surface area contributed by atoms with Crippen molar-refractivity contribution in [3.8, 4) is 11.5 Å². The Morgan fingerprint density at radius 2 is 1.72 bits per heavy atom. The topological polar surface area (TPSA) is 57.5 Å². The van der Waals surface area contributed by atoms with E-state index >= 15 is 0 Å². The molecule has 0 aliphatic carbocycles. The molecule has 0 aromatic heterocycles. The smallest absolute Gasteiger partial charge is 0.159 e. The Morgan fingerprint density at radius 1 is 1.04 bits per heavy atom. The maximum atomic E-state index is 12.1. The van der Waals surface area contributed by atoms with Crippen LogP contribution in [0.25, 0.3) is 0 Å². The van der Waals surface area contributed by atoms with Gasteiger partial charge in [0.15, 0.2) is 5.78 Å². The second kappa shape index (κ2) is 9.87. The molecule has 136 valence electrons. The van der Waals surface area contributed by atoms with Crippen molar-refractivity contribution in [2.45, 2.75) is 60.3 Å². The normalized spacial score (nSPS) is 12.2. The zero-order valence-corrected chi connectivity index (χ0v) is 16.0. The highest BCUT2D eigenvalue weighted by Crippen LogP contribution is 2.28. The van der Waals surface area contributed by atoms with Gasteiger partial charge in [0.25, 0.3) is 0 Å². The summed E-state index contributed by atoms with van der Waals surface area (Å²) in [6.07, 6.45) is 8.56. The SMILES string of the molecule is CC(C)=CCC/C(C)=C\C(=O)C/C(C)=C/Cc1cc(O)cc(C)c1O. The van der Waals surface area contributed by atoms with Gasteiger partial charge in [0.2, 0.25) is 0 Å². The molecule has 2 N–H and O–H groups in total. The molecule has 0 radical (unpaired) electrons. The van der Waals surface area contributed by atoms with Crippen LogP contribution >= 0.6 is 0 Å². The lowest BCUT2D eigenvalue weighted by Gasteiger charge is -2.07. The average molecular weight is 342 g/mol. The maximum Gasteiger partial charge on any atom is 0.159 e. The van der Waals surface area contributed by atoms with Gasteiger partial charge in [-0.25, -0.2) is 0 Å². The molecular formula is C22H30O3. The number of aryl methyl sites for hydroxylation is 1. The number of carbonyl (C=O) groups is 1. The largest absolute Gasteiger partial charge is 0.508 e. The highest BCUT2D eigenvalue weighted by atomic mass is 16.3. The summed E-state index contributed by atoms with van der Waals surface area (Å²) in [5.74, 6) is 0.435. The van der Waals surface area contributed by atoms with Gasteiger partial charge in [-0.05, 0) is 77.7 Å². The number of rotatable bonds is 8. The van der Waals surface area contributed by atoms with Gasteiger partial charge in [0, 0.05) is 12.0 Å². The van der Waals surface area contributed by atoms with Crippen molar-refractivity contribution in [3.63, 3.8) is 0 Å². The molecule has 25 heavy (non-hydrogen) atoms. The summed E-state index contributed by atoms with van der Waals surface area (Å²) >= 11 is 0. The van der Waals surface area contributed by atoms with Gasteiger partial charge in [-0.15, -0.1) is 0 Å². The molecular weight excluding hydrogens is 312 g/mol. The highest BCUT2D eigenvalue weighted by Gasteiger charge is 2.06. The molecule has 0 atom stereocenters. The van der Waals surface area contributed by atoms with Crippen LogP contribution in [0.5, 0.6) is 11.5 Å². The Morgan fingerprint density at radius 3 is 2.36 bits per heavy atom. The number of hydrogen-bond acceptors (Lipinski definition) is 3. The third-order valence-electron chi connectivity index (χ3n) is 3.99. The summed E-state index contributed by atoms with van der Waals surface area (Å²) in [4.78, 5) is 12.1. The molecule has 1 rings (SSSR count). The van der Waals surface area contributed by atoms with Crippen molar-refractivity contribution < 1.29 is 15.0 Å². The number of aromatic hydroxyl groups is 2. The Balaban J connectivity index is 2.63. The molecule has 1 aromatic rings. The summed E-state index contributed by atoms with van der Waals surface area (Å²) in [6, 6.07) is 3.09. The Kier molecular flexibility index (Phi) is 8.20. The van der Waals surface area contributed by atoms with Gasteiger partial charge in [0.1, 0.15) is 11.5 Å². The fourth-order valence-electron chi connectivity index (χ4n) is 2.61. The zero-order valence-electron chi connectivity index (χ0n) is 16.0. The van der Waals surface area contributed by atoms with E-state index in [2.05, 4.69) is 19.9 Å². The van der Waals surface area contributed by atoms with Gasteiger partial charge in [-0.1, -0.05) is 28.9 Å². The molecule has 0 spiro atoms. The van der Waals surface area contributed by atoms with Crippen LogP contribution in [0, 0.1) is 6.92 Å². The minimum Gasteiger partial charge on any atom is -0.508 e. The van der Waals surface area contributed by atoms with Crippen molar-refractivity contribution in [3.05, 3.63) is 58.2 Å². The van der Waals surface area contributed by atoms with Crippen LogP contribution in [0.2, 0.25) is 0 Å². The van der Waals surface area contributed by atoms with E-state index in [1.165, 1.54) is 11.6 Å². The maximum absolute atomic E-state index is 12.1. The van der Waals surface area contributed by atoms with Gasteiger partial charge in [-0.3, -0.25) is 4.79 Å². The van der Waals surface area contributed by atoms with Crippen LogP contribution in [-0.2, 0) is 11.2 Å². The first-order chi connectivity index (χ1) is 11.7. The molecule has 0 aliphatic heterocycles. The van der Waals surface area contributed by atoms with Crippen molar-refractivity contribution in [2.75, 3.05) is 0 Å². The van der Waals surface area contributed by atoms with Gasteiger partial charge in [0.05, 0.1) is 0 Å². The minimum absolute atomic E-state index is 0.0970. The lowest BCUT2D eigenvalue weighted by atomic mass is 10.0. The lowest BCUT2D eigenvalue weighted by Crippen LogP contribution is -1.96. The van der Waals surface area contributed by atoms with Crippen LogP contribution < -0.4 is 0 Å². The predicted octanol–water partition coefficient (Wildman–Crippen LogP) is 5.55. The van der Waals surface area contributed by atoms with Crippen molar-refractivity contribution in [1.82, 2.24) is 0 Å². The van der Waals surface area contributed by atoms with E-state index in [0.717, 1.165) is 24.0 Å². The molecule has 0 aliphatic rings. The highest BCUT2D eigenvalue weighted by molar-refractivity contribution is 5.91. The standard InChI is InChI=1S/C22H30O3/c1-15(2)7-6-8-16(3)11-20(23)12-17(4)9-10-19-14-21(24)13-18(5)22(19)25/h7,9,11,13-14,24-25H,6,8,10,12H2,1-5H3/b16-11-,17-9+. The first kappa shape index (κ1) is 20.8.